The van der Waals surface area contributed by atoms with Gasteiger partial charge in [0.25, 0.3) is 0 Å². The van der Waals surface area contributed by atoms with Gasteiger partial charge in [-0.3, -0.25) is 4.98 Å². The van der Waals surface area contributed by atoms with Crippen molar-refractivity contribution in [1.29, 1.82) is 0 Å². The first kappa shape index (κ1) is 11.1. The lowest BCUT2D eigenvalue weighted by Crippen LogP contribution is -2.03. The molecule has 1 heterocycles. The number of aromatic nitrogens is 1. The van der Waals surface area contributed by atoms with Crippen molar-refractivity contribution in [2.75, 3.05) is 5.32 Å². The Morgan fingerprint density at radius 1 is 1.19 bits per heavy atom. The molecule has 3 heteroatoms. The molecule has 0 radical (unpaired) electrons. The van der Waals surface area contributed by atoms with Crippen LogP contribution in [0.15, 0.2) is 47.1 Å². The van der Waals surface area contributed by atoms with Gasteiger partial charge < -0.3 is 5.32 Å². The number of anilines is 1. The van der Waals surface area contributed by atoms with E-state index < -0.39 is 0 Å². The summed E-state index contributed by atoms with van der Waals surface area (Å²) in [6.07, 6.45) is 1.82. The number of hydrogen-bond donors (Lipinski definition) is 1. The monoisotopic (exact) mass is 276 g/mol. The minimum absolute atomic E-state index is 0.758. The van der Waals surface area contributed by atoms with Crippen LogP contribution in [-0.2, 0) is 6.54 Å². The van der Waals surface area contributed by atoms with Crippen LogP contribution < -0.4 is 5.32 Å². The van der Waals surface area contributed by atoms with Crippen molar-refractivity contribution >= 4 is 21.6 Å². The number of hydrogen-bond acceptors (Lipinski definition) is 2. The largest absolute Gasteiger partial charge is 0.379 e. The second kappa shape index (κ2) is 5.12. The molecule has 0 spiro atoms. The molecule has 1 aromatic heterocycles. The number of benzene rings is 1. The zero-order chi connectivity index (χ0) is 11.4. The Bertz CT molecular complexity index is 466. The number of nitrogens with one attached hydrogen (secondary N) is 1. The summed E-state index contributed by atoms with van der Waals surface area (Å²) in [7, 11) is 0. The van der Waals surface area contributed by atoms with E-state index in [1.807, 2.05) is 36.5 Å². The molecule has 1 N–H and O–H groups in total. The summed E-state index contributed by atoms with van der Waals surface area (Å²) in [5.74, 6) is 0. The maximum atomic E-state index is 4.34. The van der Waals surface area contributed by atoms with Crippen LogP contribution >= 0.6 is 15.9 Å². The summed E-state index contributed by atoms with van der Waals surface area (Å²) in [5, 5.41) is 3.35. The van der Waals surface area contributed by atoms with Crippen LogP contribution in [0, 0.1) is 6.92 Å². The van der Waals surface area contributed by atoms with Gasteiger partial charge in [0.1, 0.15) is 0 Å². The average molecular weight is 277 g/mol. The molecule has 2 rings (SSSR count). The molecule has 0 bridgehead atoms. The fourth-order valence-corrected chi connectivity index (χ4v) is 1.72. The van der Waals surface area contributed by atoms with E-state index in [9.17, 15) is 0 Å². The van der Waals surface area contributed by atoms with E-state index in [-0.39, 0.29) is 0 Å². The maximum Gasteiger partial charge on any atom is 0.0623 e. The first-order valence-electron chi connectivity index (χ1n) is 5.15. The molecule has 0 aliphatic rings. The van der Waals surface area contributed by atoms with E-state index >= 15 is 0 Å². The van der Waals surface area contributed by atoms with Crippen LogP contribution in [0.25, 0.3) is 0 Å². The van der Waals surface area contributed by atoms with Gasteiger partial charge in [-0.25, -0.2) is 0 Å². The predicted molar refractivity (Wildman–Crippen MR) is 70.4 cm³/mol. The Morgan fingerprint density at radius 2 is 1.94 bits per heavy atom. The molecule has 0 aliphatic carbocycles. The van der Waals surface area contributed by atoms with Crippen LogP contribution in [-0.4, -0.2) is 4.98 Å². The van der Waals surface area contributed by atoms with Gasteiger partial charge in [-0.05, 0) is 42.8 Å². The minimum Gasteiger partial charge on any atom is -0.379 e. The summed E-state index contributed by atoms with van der Waals surface area (Å²) < 4.78 is 1.09. The van der Waals surface area contributed by atoms with E-state index in [0.717, 1.165) is 22.4 Å². The van der Waals surface area contributed by atoms with Crippen molar-refractivity contribution in [1.82, 2.24) is 4.98 Å². The Morgan fingerprint density at radius 3 is 2.62 bits per heavy atom. The lowest BCUT2D eigenvalue weighted by Gasteiger charge is -2.07. The van der Waals surface area contributed by atoms with Crippen molar-refractivity contribution in [2.24, 2.45) is 0 Å². The first-order valence-corrected chi connectivity index (χ1v) is 5.95. The smallest absolute Gasteiger partial charge is 0.0623 e. The van der Waals surface area contributed by atoms with Crippen LogP contribution in [0.5, 0.6) is 0 Å². The molecule has 0 atom stereocenters. The highest BCUT2D eigenvalue weighted by atomic mass is 79.9. The fourth-order valence-electron chi connectivity index (χ4n) is 1.46. The summed E-state index contributed by atoms with van der Waals surface area (Å²) in [5.41, 5.74) is 3.41. The van der Waals surface area contributed by atoms with E-state index in [0.29, 0.717) is 0 Å². The number of pyridine rings is 1. The van der Waals surface area contributed by atoms with Crippen molar-refractivity contribution in [3.63, 3.8) is 0 Å². The topological polar surface area (TPSA) is 24.9 Å². The normalized spacial score (nSPS) is 10.1. The molecule has 0 aliphatic heterocycles. The molecule has 2 aromatic rings. The molecule has 0 fully saturated rings. The average Bonchev–Trinajstić information content (AvgIpc) is 2.30. The fraction of sp³-hybridized carbons (Fsp3) is 0.154. The lowest BCUT2D eigenvalue weighted by atomic mass is 10.2. The predicted octanol–water partition coefficient (Wildman–Crippen LogP) is 3.76. The maximum absolute atomic E-state index is 4.34. The highest BCUT2D eigenvalue weighted by molar-refractivity contribution is 9.10. The number of rotatable bonds is 3. The van der Waals surface area contributed by atoms with Crippen molar-refractivity contribution in [3.8, 4) is 0 Å². The van der Waals surface area contributed by atoms with Gasteiger partial charge in [-0.2, -0.15) is 0 Å². The molecule has 0 unspecified atom stereocenters. The van der Waals surface area contributed by atoms with Crippen molar-refractivity contribution in [2.45, 2.75) is 13.5 Å². The quantitative estimate of drug-likeness (QED) is 0.923. The molecule has 16 heavy (non-hydrogen) atoms. The highest BCUT2D eigenvalue weighted by Gasteiger charge is 1.98. The van der Waals surface area contributed by atoms with E-state index in [2.05, 4.69) is 39.2 Å². The van der Waals surface area contributed by atoms with E-state index in [1.54, 1.807) is 0 Å². The summed E-state index contributed by atoms with van der Waals surface area (Å²) in [4.78, 5) is 4.34. The molecule has 1 aromatic carbocycles. The summed E-state index contributed by atoms with van der Waals surface area (Å²) >= 11 is 3.41. The Balaban J connectivity index is 2.02. The molecular formula is C13H13BrN2. The third kappa shape index (κ3) is 2.83. The van der Waals surface area contributed by atoms with Gasteiger partial charge >= 0.3 is 0 Å². The molecule has 0 saturated carbocycles. The second-order valence-electron chi connectivity index (χ2n) is 3.63. The van der Waals surface area contributed by atoms with Crippen molar-refractivity contribution in [3.05, 3.63) is 58.3 Å². The highest BCUT2D eigenvalue weighted by Crippen LogP contribution is 2.15. The zero-order valence-corrected chi connectivity index (χ0v) is 10.7. The van der Waals surface area contributed by atoms with Crippen LogP contribution in [0.2, 0.25) is 0 Å². The van der Waals surface area contributed by atoms with E-state index in [1.165, 1.54) is 5.56 Å². The van der Waals surface area contributed by atoms with Gasteiger partial charge in [0.15, 0.2) is 0 Å². The van der Waals surface area contributed by atoms with Crippen LogP contribution in [0.1, 0.15) is 11.3 Å². The first-order chi connectivity index (χ1) is 7.75. The van der Waals surface area contributed by atoms with Gasteiger partial charge in [-0.1, -0.05) is 22.0 Å². The van der Waals surface area contributed by atoms with Crippen LogP contribution in [0.3, 0.4) is 0 Å². The standard InChI is InChI=1S/C13H13BrN2/c1-10-3-2-8-15-13(10)9-16-12-6-4-11(14)5-7-12/h2-8,16H,9H2,1H3. The SMILES string of the molecule is Cc1cccnc1CNc1ccc(Br)cc1. The Labute approximate surface area is 104 Å². The van der Waals surface area contributed by atoms with Crippen molar-refractivity contribution < 1.29 is 0 Å². The third-order valence-electron chi connectivity index (χ3n) is 2.42. The van der Waals surface area contributed by atoms with Gasteiger partial charge in [0, 0.05) is 16.4 Å². The number of halogens is 1. The minimum atomic E-state index is 0.758. The van der Waals surface area contributed by atoms with Crippen LogP contribution in [0.4, 0.5) is 5.69 Å². The molecular weight excluding hydrogens is 264 g/mol. The second-order valence-corrected chi connectivity index (χ2v) is 4.54. The van der Waals surface area contributed by atoms with Gasteiger partial charge in [0.05, 0.1) is 12.2 Å². The molecule has 0 saturated heterocycles. The number of aryl methyl sites for hydroxylation is 1. The van der Waals surface area contributed by atoms with Gasteiger partial charge in [-0.15, -0.1) is 0 Å². The zero-order valence-electron chi connectivity index (χ0n) is 9.07. The Kier molecular flexibility index (Phi) is 3.57. The number of nitrogens with zero attached hydrogens (tertiary/aromatic N) is 1. The molecule has 2 nitrogen and oxygen atoms in total. The van der Waals surface area contributed by atoms with E-state index in [4.69, 9.17) is 0 Å². The lowest BCUT2D eigenvalue weighted by molar-refractivity contribution is 1.02. The Hall–Kier alpha value is -1.35. The summed E-state index contributed by atoms with van der Waals surface area (Å²) in [6.45, 7) is 2.83. The summed E-state index contributed by atoms with van der Waals surface area (Å²) in [6, 6.07) is 12.2. The van der Waals surface area contributed by atoms with Gasteiger partial charge in [0.2, 0.25) is 0 Å². The molecule has 82 valence electrons. The third-order valence-corrected chi connectivity index (χ3v) is 2.95. The molecule has 0 amide bonds.